The normalized spacial score (nSPS) is 16.6. The molecule has 1 N–H and O–H groups in total. The Bertz CT molecular complexity index is 918. The van der Waals surface area contributed by atoms with Crippen molar-refractivity contribution in [3.63, 3.8) is 0 Å². The van der Waals surface area contributed by atoms with Crippen LogP contribution in [0.4, 0.5) is 10.2 Å². The highest BCUT2D eigenvalue weighted by Gasteiger charge is 2.30. The first kappa shape index (κ1) is 17.7. The third-order valence-electron chi connectivity index (χ3n) is 4.04. The van der Waals surface area contributed by atoms with E-state index >= 15 is 0 Å². The summed E-state index contributed by atoms with van der Waals surface area (Å²) in [6.45, 7) is 5.92. The Morgan fingerprint density at radius 2 is 2.19 bits per heavy atom. The molecule has 0 aliphatic carbocycles. The van der Waals surface area contributed by atoms with Gasteiger partial charge in [0.25, 0.3) is 5.91 Å². The summed E-state index contributed by atoms with van der Waals surface area (Å²) in [5.74, 6) is -0.222. The van der Waals surface area contributed by atoms with E-state index in [0.717, 1.165) is 0 Å². The van der Waals surface area contributed by atoms with E-state index in [4.69, 9.17) is 10.1 Å². The van der Waals surface area contributed by atoms with Gasteiger partial charge in [-0.3, -0.25) is 4.79 Å². The van der Waals surface area contributed by atoms with Crippen LogP contribution in [0.15, 0.2) is 41.7 Å². The molecule has 1 aromatic heterocycles. The topological polar surface area (TPSA) is 79.4 Å². The molecule has 7 heteroatoms. The number of rotatable bonds is 3. The SMILES string of the molecule is CC(C)(C)n1cc(C#N)cc1NC(=O)C1CC(c2cccc(F)c2)=NO1. The quantitative estimate of drug-likeness (QED) is 0.917. The summed E-state index contributed by atoms with van der Waals surface area (Å²) in [5, 5.41) is 15.8. The number of amides is 1. The molecule has 0 spiro atoms. The van der Waals surface area contributed by atoms with Gasteiger partial charge < -0.3 is 14.7 Å². The molecule has 2 aromatic rings. The van der Waals surface area contributed by atoms with Crippen molar-refractivity contribution in [3.8, 4) is 6.07 Å². The average Bonchev–Trinajstić information content (AvgIpc) is 3.21. The largest absolute Gasteiger partial charge is 0.382 e. The van der Waals surface area contributed by atoms with Gasteiger partial charge in [0.05, 0.1) is 11.3 Å². The maximum absolute atomic E-state index is 13.4. The minimum absolute atomic E-state index is 0.247. The molecule has 0 radical (unpaired) electrons. The number of hydrogen-bond acceptors (Lipinski definition) is 4. The molecule has 2 heterocycles. The van der Waals surface area contributed by atoms with Gasteiger partial charge >= 0.3 is 0 Å². The van der Waals surface area contributed by atoms with E-state index in [1.165, 1.54) is 12.1 Å². The Labute approximate surface area is 150 Å². The number of aromatic nitrogens is 1. The summed E-state index contributed by atoms with van der Waals surface area (Å²) in [6, 6.07) is 9.69. The van der Waals surface area contributed by atoms with Crippen molar-refractivity contribution in [2.45, 2.75) is 38.8 Å². The van der Waals surface area contributed by atoms with Crippen molar-refractivity contribution in [2.24, 2.45) is 5.16 Å². The zero-order valence-electron chi connectivity index (χ0n) is 14.8. The predicted molar refractivity (Wildman–Crippen MR) is 95.2 cm³/mol. The Hall–Kier alpha value is -3.14. The lowest BCUT2D eigenvalue weighted by Gasteiger charge is -2.24. The number of hydrogen-bond donors (Lipinski definition) is 1. The van der Waals surface area contributed by atoms with E-state index in [2.05, 4.69) is 16.5 Å². The Balaban J connectivity index is 1.73. The summed E-state index contributed by atoms with van der Waals surface area (Å²) in [4.78, 5) is 17.8. The third kappa shape index (κ3) is 3.59. The van der Waals surface area contributed by atoms with Crippen molar-refractivity contribution in [1.82, 2.24) is 4.57 Å². The number of carbonyl (C=O) groups excluding carboxylic acids is 1. The highest BCUT2D eigenvalue weighted by molar-refractivity contribution is 6.06. The second-order valence-corrected chi connectivity index (χ2v) is 7.10. The molecular weight excluding hydrogens is 335 g/mol. The fourth-order valence-corrected chi connectivity index (χ4v) is 2.74. The minimum atomic E-state index is -0.804. The van der Waals surface area contributed by atoms with Gasteiger partial charge in [0.15, 0.2) is 0 Å². The molecule has 1 atom stereocenters. The second-order valence-electron chi connectivity index (χ2n) is 7.10. The maximum Gasteiger partial charge on any atom is 0.269 e. The van der Waals surface area contributed by atoms with Gasteiger partial charge in [0, 0.05) is 23.7 Å². The molecule has 6 nitrogen and oxygen atoms in total. The highest BCUT2D eigenvalue weighted by atomic mass is 19.1. The fraction of sp³-hybridized carbons (Fsp3) is 0.316. The summed E-state index contributed by atoms with van der Waals surface area (Å²) in [6.07, 6.45) is 1.14. The lowest BCUT2D eigenvalue weighted by atomic mass is 10.0. The maximum atomic E-state index is 13.4. The molecular formula is C19H19FN4O2. The van der Waals surface area contributed by atoms with E-state index in [1.807, 2.05) is 25.3 Å². The van der Waals surface area contributed by atoms with Crippen molar-refractivity contribution >= 4 is 17.4 Å². The predicted octanol–water partition coefficient (Wildman–Crippen LogP) is 3.39. The lowest BCUT2D eigenvalue weighted by molar-refractivity contribution is -0.125. The van der Waals surface area contributed by atoms with Crippen LogP contribution in [0, 0.1) is 17.1 Å². The van der Waals surface area contributed by atoms with Crippen molar-refractivity contribution in [1.29, 1.82) is 5.26 Å². The van der Waals surface area contributed by atoms with Gasteiger partial charge in [-0.2, -0.15) is 5.26 Å². The number of anilines is 1. The molecule has 1 amide bonds. The molecule has 0 bridgehead atoms. The molecule has 1 aromatic carbocycles. The monoisotopic (exact) mass is 354 g/mol. The number of benzene rings is 1. The fourth-order valence-electron chi connectivity index (χ4n) is 2.74. The van der Waals surface area contributed by atoms with E-state index in [1.54, 1.807) is 24.4 Å². The Kier molecular flexibility index (Phi) is 4.51. The van der Waals surface area contributed by atoms with Crippen LogP contribution in [0.2, 0.25) is 0 Å². The Morgan fingerprint density at radius 3 is 2.85 bits per heavy atom. The van der Waals surface area contributed by atoms with Gasteiger partial charge in [-0.05, 0) is 39.0 Å². The molecule has 3 rings (SSSR count). The van der Waals surface area contributed by atoms with Crippen LogP contribution in [0.5, 0.6) is 0 Å². The van der Waals surface area contributed by atoms with E-state index in [0.29, 0.717) is 22.7 Å². The van der Waals surface area contributed by atoms with Crippen LogP contribution < -0.4 is 5.32 Å². The highest BCUT2D eigenvalue weighted by Crippen LogP contribution is 2.25. The van der Waals surface area contributed by atoms with Crippen LogP contribution in [-0.2, 0) is 15.2 Å². The standard InChI is InChI=1S/C19H19FN4O2/c1-19(2,3)24-11-12(10-21)7-17(24)22-18(25)16-9-15(23-26-16)13-5-4-6-14(20)8-13/h4-8,11,16H,9H2,1-3H3,(H,22,25). The molecule has 26 heavy (non-hydrogen) atoms. The van der Waals surface area contributed by atoms with Crippen molar-refractivity contribution in [3.05, 3.63) is 53.5 Å². The van der Waals surface area contributed by atoms with Gasteiger partial charge in [-0.25, -0.2) is 4.39 Å². The number of nitriles is 1. The number of oxime groups is 1. The first-order chi connectivity index (χ1) is 12.3. The lowest BCUT2D eigenvalue weighted by Crippen LogP contribution is -2.31. The number of nitrogens with one attached hydrogen (secondary N) is 1. The first-order valence-corrected chi connectivity index (χ1v) is 8.20. The van der Waals surface area contributed by atoms with Crippen LogP contribution >= 0.6 is 0 Å². The van der Waals surface area contributed by atoms with E-state index < -0.39 is 6.10 Å². The van der Waals surface area contributed by atoms with E-state index in [-0.39, 0.29) is 23.7 Å². The van der Waals surface area contributed by atoms with Crippen LogP contribution in [0.3, 0.4) is 0 Å². The molecule has 1 unspecified atom stereocenters. The number of nitrogens with zero attached hydrogens (tertiary/aromatic N) is 3. The zero-order valence-corrected chi connectivity index (χ0v) is 14.8. The first-order valence-electron chi connectivity index (χ1n) is 8.20. The number of carbonyl (C=O) groups is 1. The summed E-state index contributed by atoms with van der Waals surface area (Å²) in [7, 11) is 0. The van der Waals surface area contributed by atoms with Gasteiger partial charge in [-0.15, -0.1) is 0 Å². The van der Waals surface area contributed by atoms with Crippen LogP contribution in [0.25, 0.3) is 0 Å². The molecule has 0 fully saturated rings. The summed E-state index contributed by atoms with van der Waals surface area (Å²) in [5.41, 5.74) is 1.26. The van der Waals surface area contributed by atoms with Gasteiger partial charge in [0.1, 0.15) is 17.7 Å². The Morgan fingerprint density at radius 1 is 1.42 bits per heavy atom. The molecule has 134 valence electrons. The van der Waals surface area contributed by atoms with E-state index in [9.17, 15) is 9.18 Å². The minimum Gasteiger partial charge on any atom is -0.382 e. The molecule has 0 saturated carbocycles. The second kappa shape index (κ2) is 6.64. The van der Waals surface area contributed by atoms with Crippen molar-refractivity contribution in [2.75, 3.05) is 5.32 Å². The third-order valence-corrected chi connectivity index (χ3v) is 4.04. The number of halogens is 1. The van der Waals surface area contributed by atoms with Gasteiger partial charge in [-0.1, -0.05) is 17.3 Å². The van der Waals surface area contributed by atoms with Crippen LogP contribution in [-0.4, -0.2) is 22.3 Å². The molecule has 1 aliphatic rings. The summed E-state index contributed by atoms with van der Waals surface area (Å²) >= 11 is 0. The molecule has 0 saturated heterocycles. The smallest absolute Gasteiger partial charge is 0.269 e. The zero-order chi connectivity index (χ0) is 18.9. The molecule has 1 aliphatic heterocycles. The van der Waals surface area contributed by atoms with Crippen molar-refractivity contribution < 1.29 is 14.0 Å². The summed E-state index contributed by atoms with van der Waals surface area (Å²) < 4.78 is 15.2. The van der Waals surface area contributed by atoms with Crippen LogP contribution in [0.1, 0.15) is 38.3 Å². The van der Waals surface area contributed by atoms with Gasteiger partial charge in [0.2, 0.25) is 6.10 Å². The average molecular weight is 354 g/mol.